The predicted octanol–water partition coefficient (Wildman–Crippen LogP) is -1.83. The van der Waals surface area contributed by atoms with E-state index in [0.717, 1.165) is 0 Å². The van der Waals surface area contributed by atoms with Crippen molar-refractivity contribution >= 4 is 5.97 Å². The van der Waals surface area contributed by atoms with E-state index in [0.29, 0.717) is 0 Å². The van der Waals surface area contributed by atoms with Crippen molar-refractivity contribution in [3.05, 3.63) is 0 Å². The van der Waals surface area contributed by atoms with Crippen LogP contribution in [-0.2, 0) is 14.3 Å². The van der Waals surface area contributed by atoms with Gasteiger partial charge >= 0.3 is 5.97 Å². The van der Waals surface area contributed by atoms with Gasteiger partial charge in [0.1, 0.15) is 24.4 Å². The van der Waals surface area contributed by atoms with Gasteiger partial charge in [-0.2, -0.15) is 0 Å². The van der Waals surface area contributed by atoms with E-state index in [2.05, 4.69) is 0 Å². The second-order valence-corrected chi connectivity index (χ2v) is 4.61. The largest absolute Gasteiger partial charge is 0.463 e. The third kappa shape index (κ3) is 3.63. The Kier molecular flexibility index (Phi) is 5.48. The van der Waals surface area contributed by atoms with Crippen molar-refractivity contribution in [2.24, 2.45) is 0 Å². The number of hydrogen-bond donors (Lipinski definition) is 4. The molecule has 0 aromatic rings. The Hall–Kier alpha value is -0.730. The summed E-state index contributed by atoms with van der Waals surface area (Å²) in [6.07, 6.45) is -6.83. The number of carbonyl (C=O) groups is 1. The maximum atomic E-state index is 11.4. The molecule has 1 unspecified atom stereocenters. The molecule has 0 radical (unpaired) electrons. The first-order valence-electron chi connectivity index (χ1n) is 5.86. The van der Waals surface area contributed by atoms with Crippen molar-refractivity contribution in [3.63, 3.8) is 0 Å². The maximum absolute atomic E-state index is 11.4. The highest BCUT2D eigenvalue weighted by Gasteiger charge is 2.44. The SMILES string of the molecule is CC(C)OC(=O)CC1O[C@H](CO)[C@H](O)[C@H](O)[C@H]1O. The summed E-state index contributed by atoms with van der Waals surface area (Å²) in [5.74, 6) is -0.575. The van der Waals surface area contributed by atoms with Crippen molar-refractivity contribution in [1.29, 1.82) is 0 Å². The molecule has 5 atom stereocenters. The van der Waals surface area contributed by atoms with Crippen molar-refractivity contribution in [1.82, 2.24) is 0 Å². The van der Waals surface area contributed by atoms with Crippen LogP contribution in [0.5, 0.6) is 0 Å². The molecule has 106 valence electrons. The van der Waals surface area contributed by atoms with Gasteiger partial charge in [-0.1, -0.05) is 0 Å². The molecule has 0 bridgehead atoms. The molecule has 1 aliphatic rings. The van der Waals surface area contributed by atoms with E-state index in [9.17, 15) is 20.1 Å². The molecule has 1 fully saturated rings. The lowest BCUT2D eigenvalue weighted by Gasteiger charge is -2.39. The van der Waals surface area contributed by atoms with Crippen LogP contribution in [0.25, 0.3) is 0 Å². The number of aliphatic hydroxyl groups is 4. The van der Waals surface area contributed by atoms with Crippen molar-refractivity contribution < 1.29 is 34.7 Å². The first-order chi connectivity index (χ1) is 8.36. The number of carbonyl (C=O) groups excluding carboxylic acids is 1. The van der Waals surface area contributed by atoms with E-state index in [1.165, 1.54) is 0 Å². The number of hydrogen-bond acceptors (Lipinski definition) is 7. The minimum atomic E-state index is -1.47. The van der Waals surface area contributed by atoms with Gasteiger partial charge in [-0.15, -0.1) is 0 Å². The summed E-state index contributed by atoms with van der Waals surface area (Å²) in [6.45, 7) is 2.86. The summed E-state index contributed by atoms with van der Waals surface area (Å²) < 4.78 is 10.1. The quantitative estimate of drug-likeness (QED) is 0.441. The Morgan fingerprint density at radius 2 is 1.72 bits per heavy atom. The normalized spacial score (nSPS) is 36.7. The van der Waals surface area contributed by atoms with Crippen LogP contribution in [0.15, 0.2) is 0 Å². The molecular formula is C11H20O7. The lowest BCUT2D eigenvalue weighted by molar-refractivity contribution is -0.232. The van der Waals surface area contributed by atoms with E-state index in [1.807, 2.05) is 0 Å². The lowest BCUT2D eigenvalue weighted by atomic mass is 9.93. The Balaban J connectivity index is 2.61. The molecule has 0 aromatic heterocycles. The van der Waals surface area contributed by atoms with Crippen LogP contribution in [0.2, 0.25) is 0 Å². The fourth-order valence-corrected chi connectivity index (χ4v) is 1.82. The Bertz CT molecular complexity index is 279. The second kappa shape index (κ2) is 6.44. The molecule has 0 saturated carbocycles. The van der Waals surface area contributed by atoms with Crippen LogP contribution in [0.3, 0.4) is 0 Å². The summed E-state index contributed by atoms with van der Waals surface area (Å²) in [7, 11) is 0. The molecule has 1 aliphatic heterocycles. The fraction of sp³-hybridized carbons (Fsp3) is 0.909. The van der Waals surface area contributed by atoms with E-state index in [-0.39, 0.29) is 12.5 Å². The van der Waals surface area contributed by atoms with Gasteiger partial charge in [0.15, 0.2) is 0 Å². The zero-order valence-electron chi connectivity index (χ0n) is 10.4. The van der Waals surface area contributed by atoms with Crippen LogP contribution in [-0.4, -0.2) is 69.6 Å². The number of rotatable bonds is 4. The number of aliphatic hydroxyl groups excluding tert-OH is 4. The van der Waals surface area contributed by atoms with Gasteiger partial charge < -0.3 is 29.9 Å². The van der Waals surface area contributed by atoms with Crippen molar-refractivity contribution in [2.75, 3.05) is 6.61 Å². The molecular weight excluding hydrogens is 244 g/mol. The summed E-state index contributed by atoms with van der Waals surface area (Å²) >= 11 is 0. The molecule has 0 spiro atoms. The minimum Gasteiger partial charge on any atom is -0.463 e. The summed E-state index contributed by atoms with van der Waals surface area (Å²) in [6, 6.07) is 0. The topological polar surface area (TPSA) is 116 Å². The standard InChI is InChI=1S/C11H20O7/c1-5(2)17-8(13)3-6-9(14)11(16)10(15)7(4-12)18-6/h5-7,9-12,14-16H,3-4H2,1-2H3/t6?,7-,9+,10+,11-/m1/s1. The summed E-state index contributed by atoms with van der Waals surface area (Å²) in [4.78, 5) is 11.4. The molecule has 1 heterocycles. The minimum absolute atomic E-state index is 0.250. The molecule has 18 heavy (non-hydrogen) atoms. The highest BCUT2D eigenvalue weighted by atomic mass is 16.6. The average Bonchev–Trinajstić information content (AvgIpc) is 2.29. The van der Waals surface area contributed by atoms with E-state index < -0.39 is 43.1 Å². The van der Waals surface area contributed by atoms with Gasteiger partial charge in [0.05, 0.1) is 25.2 Å². The highest BCUT2D eigenvalue weighted by molar-refractivity contribution is 5.70. The third-order valence-corrected chi connectivity index (χ3v) is 2.73. The van der Waals surface area contributed by atoms with Gasteiger partial charge in [-0.3, -0.25) is 4.79 Å². The van der Waals surface area contributed by atoms with Crippen molar-refractivity contribution in [2.45, 2.75) is 56.9 Å². The Morgan fingerprint density at radius 3 is 2.22 bits per heavy atom. The van der Waals surface area contributed by atoms with Crippen molar-refractivity contribution in [3.8, 4) is 0 Å². The first-order valence-corrected chi connectivity index (χ1v) is 5.86. The van der Waals surface area contributed by atoms with Gasteiger partial charge in [0.2, 0.25) is 0 Å². The first kappa shape index (κ1) is 15.3. The van der Waals surface area contributed by atoms with E-state index in [1.54, 1.807) is 13.8 Å². The summed E-state index contributed by atoms with van der Waals surface area (Å²) in [5, 5.41) is 37.7. The highest BCUT2D eigenvalue weighted by Crippen LogP contribution is 2.23. The molecule has 4 N–H and O–H groups in total. The maximum Gasteiger partial charge on any atom is 0.308 e. The lowest BCUT2D eigenvalue weighted by Crippen LogP contribution is -2.58. The molecule has 0 aromatic carbocycles. The zero-order valence-corrected chi connectivity index (χ0v) is 10.4. The number of esters is 1. The number of ether oxygens (including phenoxy) is 2. The van der Waals surface area contributed by atoms with Crippen LogP contribution < -0.4 is 0 Å². The van der Waals surface area contributed by atoms with E-state index in [4.69, 9.17) is 14.6 Å². The Morgan fingerprint density at radius 1 is 1.17 bits per heavy atom. The smallest absolute Gasteiger partial charge is 0.308 e. The van der Waals surface area contributed by atoms with Gasteiger partial charge in [0.25, 0.3) is 0 Å². The van der Waals surface area contributed by atoms with Crippen LogP contribution in [0.1, 0.15) is 20.3 Å². The molecule has 1 rings (SSSR count). The third-order valence-electron chi connectivity index (χ3n) is 2.73. The zero-order chi connectivity index (χ0) is 13.9. The van der Waals surface area contributed by atoms with Gasteiger partial charge in [-0.05, 0) is 13.8 Å². The van der Waals surface area contributed by atoms with Crippen LogP contribution in [0, 0.1) is 0 Å². The molecule has 1 saturated heterocycles. The predicted molar refractivity (Wildman–Crippen MR) is 59.6 cm³/mol. The second-order valence-electron chi connectivity index (χ2n) is 4.61. The molecule has 0 amide bonds. The Labute approximate surface area is 105 Å². The van der Waals surface area contributed by atoms with Crippen LogP contribution in [0.4, 0.5) is 0 Å². The van der Waals surface area contributed by atoms with Gasteiger partial charge in [0, 0.05) is 0 Å². The van der Waals surface area contributed by atoms with Crippen LogP contribution >= 0.6 is 0 Å². The molecule has 7 heteroatoms. The molecule has 7 nitrogen and oxygen atoms in total. The fourth-order valence-electron chi connectivity index (χ4n) is 1.82. The monoisotopic (exact) mass is 264 g/mol. The molecule has 0 aliphatic carbocycles. The summed E-state index contributed by atoms with van der Waals surface area (Å²) in [5.41, 5.74) is 0. The van der Waals surface area contributed by atoms with E-state index >= 15 is 0 Å². The van der Waals surface area contributed by atoms with Gasteiger partial charge in [-0.25, -0.2) is 0 Å². The average molecular weight is 264 g/mol.